The van der Waals surface area contributed by atoms with Crippen molar-refractivity contribution in [3.63, 3.8) is 0 Å². The van der Waals surface area contributed by atoms with Gasteiger partial charge in [-0.3, -0.25) is 0 Å². The first kappa shape index (κ1) is 24.0. The minimum Gasteiger partial charge on any atom is -0.489 e. The van der Waals surface area contributed by atoms with E-state index in [0.29, 0.717) is 36.6 Å². The van der Waals surface area contributed by atoms with Crippen molar-refractivity contribution in [1.82, 2.24) is 29.5 Å². The number of nitrogens with zero attached hydrogens (tertiary/aromatic N) is 7. The average Bonchev–Trinajstić information content (AvgIpc) is 3.25. The van der Waals surface area contributed by atoms with Crippen molar-refractivity contribution in [2.24, 2.45) is 13.0 Å². The topological polar surface area (TPSA) is 126 Å². The third-order valence-corrected chi connectivity index (χ3v) is 5.71. The van der Waals surface area contributed by atoms with E-state index < -0.39 is 0 Å². The van der Waals surface area contributed by atoms with Gasteiger partial charge in [-0.05, 0) is 43.4 Å². The molecule has 0 aliphatic carbocycles. The van der Waals surface area contributed by atoms with Crippen molar-refractivity contribution in [3.8, 4) is 23.0 Å². The molecule has 1 aliphatic heterocycles. The second-order valence-electron chi connectivity index (χ2n) is 8.34. The number of piperidine rings is 1. The molecule has 0 radical (unpaired) electrons. The smallest absolute Gasteiger partial charge is 0.322 e. The lowest BCUT2D eigenvalue weighted by atomic mass is 9.98. The van der Waals surface area contributed by atoms with E-state index in [4.69, 9.17) is 31.5 Å². The lowest BCUT2D eigenvalue weighted by molar-refractivity contribution is 0.0854. The molecule has 3 aromatic heterocycles. The van der Waals surface area contributed by atoms with Crippen LogP contribution in [0.4, 0.5) is 11.8 Å². The molecule has 3 aromatic rings. The molecule has 1 saturated heterocycles. The number of aromatic nitrogens is 6. The molecular weight excluding hydrogens is 460 g/mol. The van der Waals surface area contributed by atoms with Crippen molar-refractivity contribution < 1.29 is 14.2 Å². The summed E-state index contributed by atoms with van der Waals surface area (Å²) in [6.07, 6.45) is 7.00. The van der Waals surface area contributed by atoms with Crippen LogP contribution in [0.2, 0.25) is 5.28 Å². The van der Waals surface area contributed by atoms with E-state index in [-0.39, 0.29) is 17.4 Å². The summed E-state index contributed by atoms with van der Waals surface area (Å²) in [6.45, 7) is 4.38. The zero-order valence-electron chi connectivity index (χ0n) is 19.5. The first-order valence-corrected chi connectivity index (χ1v) is 11.5. The normalized spacial score (nSPS) is 15.4. The van der Waals surface area contributed by atoms with Crippen LogP contribution in [-0.2, 0) is 11.8 Å². The van der Waals surface area contributed by atoms with Crippen molar-refractivity contribution in [2.75, 3.05) is 44.0 Å². The van der Waals surface area contributed by atoms with E-state index in [2.05, 4.69) is 29.8 Å². The lowest BCUT2D eigenvalue weighted by Crippen LogP contribution is -2.36. The molecule has 0 aromatic carbocycles. The van der Waals surface area contributed by atoms with Gasteiger partial charge in [0.1, 0.15) is 6.10 Å². The van der Waals surface area contributed by atoms with Crippen LogP contribution < -0.4 is 20.1 Å². The van der Waals surface area contributed by atoms with Gasteiger partial charge in [0.25, 0.3) is 0 Å². The van der Waals surface area contributed by atoms with Gasteiger partial charge >= 0.3 is 6.01 Å². The van der Waals surface area contributed by atoms with Gasteiger partial charge in [0.15, 0.2) is 11.6 Å². The van der Waals surface area contributed by atoms with Crippen LogP contribution in [0, 0.1) is 5.92 Å². The largest absolute Gasteiger partial charge is 0.489 e. The van der Waals surface area contributed by atoms with E-state index in [1.807, 2.05) is 30.8 Å². The lowest BCUT2D eigenvalue weighted by Gasteiger charge is -2.32. The van der Waals surface area contributed by atoms with Crippen molar-refractivity contribution in [3.05, 3.63) is 30.1 Å². The Morgan fingerprint density at radius 2 is 2.00 bits per heavy atom. The molecule has 1 unspecified atom stereocenters. The Balaban J connectivity index is 1.33. The standard InChI is InChI=1S/C22H29ClN8O3/c1-14(11-32-3)34-22-28-20(23)27-21(29-22)31-6-4-15(5-7-31)12-33-18-8-16(9-25-19(18)24)17-10-30(2)13-26-17/h8-10,13-15H,4-7,11-12H2,1-3H3,(H2,24,25). The molecule has 2 N–H and O–H groups in total. The molecule has 0 spiro atoms. The van der Waals surface area contributed by atoms with Crippen LogP contribution in [0.3, 0.4) is 0 Å². The van der Waals surface area contributed by atoms with E-state index in [1.54, 1.807) is 19.6 Å². The Morgan fingerprint density at radius 1 is 1.21 bits per heavy atom. The average molecular weight is 489 g/mol. The highest BCUT2D eigenvalue weighted by molar-refractivity contribution is 6.28. The third kappa shape index (κ3) is 6.03. The van der Waals surface area contributed by atoms with Gasteiger partial charge in [-0.2, -0.15) is 15.0 Å². The number of nitrogen functional groups attached to an aromatic ring is 1. The number of hydrogen-bond donors (Lipinski definition) is 1. The van der Waals surface area contributed by atoms with E-state index >= 15 is 0 Å². The summed E-state index contributed by atoms with van der Waals surface area (Å²) in [7, 11) is 3.54. The number of methoxy groups -OCH3 is 1. The molecule has 1 atom stereocenters. The number of anilines is 2. The van der Waals surface area contributed by atoms with Crippen molar-refractivity contribution in [2.45, 2.75) is 25.9 Å². The fourth-order valence-corrected chi connectivity index (χ4v) is 3.89. The number of nitrogens with two attached hydrogens (primary N) is 1. The minimum atomic E-state index is -0.197. The Kier molecular flexibility index (Phi) is 7.63. The SMILES string of the molecule is COCC(C)Oc1nc(Cl)nc(N2CCC(COc3cc(-c4cn(C)cn4)cnc3N)CC2)n1. The number of halogens is 1. The first-order chi connectivity index (χ1) is 16.4. The quantitative estimate of drug-likeness (QED) is 0.480. The molecular formula is C22H29ClN8O3. The molecule has 0 saturated carbocycles. The number of aryl methyl sites for hydroxylation is 1. The Hall–Kier alpha value is -3.18. The fraction of sp³-hybridized carbons (Fsp3) is 0.500. The maximum absolute atomic E-state index is 6.11. The van der Waals surface area contributed by atoms with Gasteiger partial charge in [0, 0.05) is 45.2 Å². The number of rotatable bonds is 9. The van der Waals surface area contributed by atoms with Gasteiger partial charge < -0.3 is 29.4 Å². The highest BCUT2D eigenvalue weighted by atomic mass is 35.5. The summed E-state index contributed by atoms with van der Waals surface area (Å²) >= 11 is 6.11. The summed E-state index contributed by atoms with van der Waals surface area (Å²) in [5, 5.41) is 0.103. The minimum absolute atomic E-state index is 0.103. The van der Waals surface area contributed by atoms with Crippen LogP contribution in [0.25, 0.3) is 11.3 Å². The van der Waals surface area contributed by atoms with Crippen LogP contribution in [0.1, 0.15) is 19.8 Å². The molecule has 12 heteroatoms. The Bertz CT molecular complexity index is 1100. The van der Waals surface area contributed by atoms with E-state index in [1.165, 1.54) is 0 Å². The fourth-order valence-electron chi connectivity index (χ4n) is 3.74. The molecule has 4 heterocycles. The number of imidazole rings is 1. The van der Waals surface area contributed by atoms with Gasteiger partial charge in [-0.1, -0.05) is 0 Å². The molecule has 182 valence electrons. The van der Waals surface area contributed by atoms with Crippen LogP contribution in [-0.4, -0.2) is 69.0 Å². The van der Waals surface area contributed by atoms with E-state index in [9.17, 15) is 0 Å². The number of pyridine rings is 1. The molecule has 0 bridgehead atoms. The van der Waals surface area contributed by atoms with Crippen LogP contribution >= 0.6 is 11.6 Å². The molecule has 4 rings (SSSR count). The second kappa shape index (κ2) is 10.8. The molecule has 0 amide bonds. The van der Waals surface area contributed by atoms with Gasteiger partial charge in [0.05, 0.1) is 25.2 Å². The Labute approximate surface area is 203 Å². The Morgan fingerprint density at radius 3 is 2.71 bits per heavy atom. The second-order valence-corrected chi connectivity index (χ2v) is 8.68. The van der Waals surface area contributed by atoms with Gasteiger partial charge in [0.2, 0.25) is 11.2 Å². The van der Waals surface area contributed by atoms with Crippen LogP contribution in [0.15, 0.2) is 24.8 Å². The molecule has 34 heavy (non-hydrogen) atoms. The van der Waals surface area contributed by atoms with Gasteiger partial charge in [-0.15, -0.1) is 0 Å². The predicted octanol–water partition coefficient (Wildman–Crippen LogP) is 2.61. The molecule has 1 aliphatic rings. The molecule has 1 fully saturated rings. The summed E-state index contributed by atoms with van der Waals surface area (Å²) in [5.74, 6) is 1.81. The predicted molar refractivity (Wildman–Crippen MR) is 128 cm³/mol. The zero-order valence-corrected chi connectivity index (χ0v) is 20.3. The van der Waals surface area contributed by atoms with E-state index in [0.717, 1.165) is 37.2 Å². The first-order valence-electron chi connectivity index (χ1n) is 11.1. The summed E-state index contributed by atoms with van der Waals surface area (Å²) in [6, 6.07) is 2.08. The zero-order chi connectivity index (χ0) is 24.1. The maximum atomic E-state index is 6.11. The maximum Gasteiger partial charge on any atom is 0.322 e. The summed E-state index contributed by atoms with van der Waals surface area (Å²) < 4.78 is 18.7. The highest BCUT2D eigenvalue weighted by Crippen LogP contribution is 2.28. The monoisotopic (exact) mass is 488 g/mol. The van der Waals surface area contributed by atoms with Crippen molar-refractivity contribution in [1.29, 1.82) is 0 Å². The summed E-state index contributed by atoms with van der Waals surface area (Å²) in [4.78, 5) is 23.5. The number of hydrogen-bond acceptors (Lipinski definition) is 10. The van der Waals surface area contributed by atoms with Crippen molar-refractivity contribution >= 4 is 23.4 Å². The third-order valence-electron chi connectivity index (χ3n) is 5.54. The highest BCUT2D eigenvalue weighted by Gasteiger charge is 2.23. The number of ether oxygens (including phenoxy) is 3. The van der Waals surface area contributed by atoms with Gasteiger partial charge in [-0.25, -0.2) is 9.97 Å². The molecule has 11 nitrogen and oxygen atoms in total. The van der Waals surface area contributed by atoms with Crippen LogP contribution in [0.5, 0.6) is 11.8 Å². The summed E-state index contributed by atoms with van der Waals surface area (Å²) in [5.41, 5.74) is 7.73.